The average molecular weight is 730 g/mol. The molecule has 0 aliphatic rings. The number of H-pyrrole nitrogens is 2. The van der Waals surface area contributed by atoms with Crippen LogP contribution in [-0.2, 0) is 17.4 Å². The number of rotatable bonds is 8. The predicted octanol–water partition coefficient (Wildman–Crippen LogP) is 6.37. The zero-order chi connectivity index (χ0) is 35.9. The largest absolute Gasteiger partial charge is 3.00 e. The summed E-state index contributed by atoms with van der Waals surface area (Å²) in [6.07, 6.45) is 0. The van der Waals surface area contributed by atoms with Crippen molar-refractivity contribution in [3.63, 3.8) is 0 Å². The van der Waals surface area contributed by atoms with Gasteiger partial charge in [-0.2, -0.15) is 5.11 Å². The molecule has 3 N–H and O–H groups in total. The van der Waals surface area contributed by atoms with Gasteiger partial charge in [0.1, 0.15) is 11.4 Å². The van der Waals surface area contributed by atoms with Crippen LogP contribution in [-0.4, -0.2) is 34.5 Å². The second-order valence-electron chi connectivity index (χ2n) is 10.4. The van der Waals surface area contributed by atoms with E-state index < -0.39 is 26.7 Å². The van der Waals surface area contributed by atoms with E-state index in [-0.39, 0.29) is 57.2 Å². The van der Waals surface area contributed by atoms with E-state index in [9.17, 15) is 40.0 Å². The number of phenolic OH excluding ortho intramolecular Hbond substituents is 1. The SMILES string of the molecule is Cc1[nH]n(-c2ccccc2)c(=O)c1N=Nc1cc([N+](=O)[O-])ccc1O.Cc1[nH]n(-c2ccccc2)c(=O)c1N=Nc1cc([N+](=O)[O-])ccc1[O-].[Cr+3]. The van der Waals surface area contributed by atoms with E-state index in [4.69, 9.17) is 0 Å². The molecule has 1 radical (unpaired) electrons. The number of hydrogen-bond donors (Lipinski definition) is 3. The number of nitrogens with zero attached hydrogens (tertiary/aromatic N) is 8. The molecule has 4 aromatic carbocycles. The van der Waals surface area contributed by atoms with E-state index in [1.807, 2.05) is 12.1 Å². The van der Waals surface area contributed by atoms with Gasteiger partial charge in [-0.05, 0) is 44.2 Å². The molecule has 0 aliphatic carbocycles. The molecule has 6 rings (SSSR count). The molecular weight excluding hydrogens is 704 g/mol. The first-order valence-corrected chi connectivity index (χ1v) is 14.4. The van der Waals surface area contributed by atoms with Crippen molar-refractivity contribution in [2.45, 2.75) is 13.8 Å². The van der Waals surface area contributed by atoms with E-state index in [0.29, 0.717) is 22.8 Å². The molecule has 19 heteroatoms. The number of para-hydroxylation sites is 2. The average Bonchev–Trinajstić information content (AvgIpc) is 3.56. The first kappa shape index (κ1) is 36.9. The third-order valence-corrected chi connectivity index (χ3v) is 6.95. The maximum atomic E-state index is 12.5. The Morgan fingerprint density at radius 2 is 1.04 bits per heavy atom. The number of aromatic amines is 2. The third-order valence-electron chi connectivity index (χ3n) is 6.95. The van der Waals surface area contributed by atoms with Crippen LogP contribution in [0.25, 0.3) is 11.4 Å². The van der Waals surface area contributed by atoms with Gasteiger partial charge in [0.25, 0.3) is 22.5 Å². The van der Waals surface area contributed by atoms with Gasteiger partial charge in [-0.3, -0.25) is 40.0 Å². The van der Waals surface area contributed by atoms with Crippen molar-refractivity contribution in [3.05, 3.63) is 149 Å². The second kappa shape index (κ2) is 16.0. The monoisotopic (exact) mass is 729 g/mol. The van der Waals surface area contributed by atoms with Crippen LogP contribution in [0.5, 0.6) is 11.5 Å². The summed E-state index contributed by atoms with van der Waals surface area (Å²) in [4.78, 5) is 45.3. The molecule has 51 heavy (non-hydrogen) atoms. The Labute approximate surface area is 297 Å². The molecule has 18 nitrogen and oxygen atoms in total. The molecule has 0 spiro atoms. The summed E-state index contributed by atoms with van der Waals surface area (Å²) in [6, 6.07) is 24.3. The number of phenols is 1. The number of aromatic hydroxyl groups is 1. The normalized spacial score (nSPS) is 10.9. The smallest absolute Gasteiger partial charge is 0.871 e. The fraction of sp³-hybridized carbons (Fsp3) is 0.0625. The van der Waals surface area contributed by atoms with E-state index >= 15 is 0 Å². The van der Waals surface area contributed by atoms with E-state index in [1.54, 1.807) is 62.4 Å². The molecule has 0 fully saturated rings. The van der Waals surface area contributed by atoms with Crippen LogP contribution in [0.2, 0.25) is 0 Å². The Morgan fingerprint density at radius 1 is 0.627 bits per heavy atom. The third kappa shape index (κ3) is 8.37. The maximum absolute atomic E-state index is 12.5. The van der Waals surface area contributed by atoms with E-state index in [2.05, 4.69) is 30.7 Å². The summed E-state index contributed by atoms with van der Waals surface area (Å²) >= 11 is 0. The Morgan fingerprint density at radius 3 is 1.49 bits per heavy atom. The van der Waals surface area contributed by atoms with Crippen LogP contribution in [0.15, 0.2) is 127 Å². The molecule has 6 aromatic rings. The van der Waals surface area contributed by atoms with Gasteiger partial charge in [0.05, 0.1) is 38.3 Å². The molecule has 0 aliphatic heterocycles. The first-order valence-electron chi connectivity index (χ1n) is 14.4. The van der Waals surface area contributed by atoms with Gasteiger partial charge in [-0.25, -0.2) is 9.36 Å². The Balaban J connectivity index is 0.000000224. The van der Waals surface area contributed by atoms with Gasteiger partial charge in [0.2, 0.25) is 0 Å². The summed E-state index contributed by atoms with van der Waals surface area (Å²) < 4.78 is 2.62. The maximum Gasteiger partial charge on any atom is 3.00 e. The first-order chi connectivity index (χ1) is 23.9. The molecule has 0 saturated carbocycles. The van der Waals surface area contributed by atoms with Gasteiger partial charge in [-0.15, -0.1) is 15.3 Å². The predicted molar refractivity (Wildman–Crippen MR) is 178 cm³/mol. The minimum atomic E-state index is -0.637. The molecule has 255 valence electrons. The van der Waals surface area contributed by atoms with Crippen molar-refractivity contribution in [2.24, 2.45) is 20.5 Å². The van der Waals surface area contributed by atoms with Gasteiger partial charge in [0, 0.05) is 24.3 Å². The van der Waals surface area contributed by atoms with Gasteiger partial charge >= 0.3 is 17.4 Å². The molecule has 0 saturated heterocycles. The molecular formula is C32H25CrN10O8+2. The summed E-state index contributed by atoms with van der Waals surface area (Å²) in [6.45, 7) is 3.29. The molecule has 2 aromatic heterocycles. The minimum Gasteiger partial charge on any atom is -0.871 e. The van der Waals surface area contributed by atoms with Gasteiger partial charge in [0.15, 0.2) is 11.4 Å². The quantitative estimate of drug-likeness (QED) is 0.0898. The number of nitro benzene ring substituents is 2. The number of aromatic nitrogens is 4. The topological polar surface area (TPSA) is 255 Å². The van der Waals surface area contributed by atoms with Crippen LogP contribution in [0.4, 0.5) is 34.1 Å². The Kier molecular flexibility index (Phi) is 11.5. The summed E-state index contributed by atoms with van der Waals surface area (Å²) in [7, 11) is 0. The Hall–Kier alpha value is -6.97. The van der Waals surface area contributed by atoms with E-state index in [0.717, 1.165) is 36.4 Å². The van der Waals surface area contributed by atoms with Crippen molar-refractivity contribution in [1.29, 1.82) is 0 Å². The van der Waals surface area contributed by atoms with Gasteiger partial charge < -0.3 is 10.2 Å². The number of hydrogen-bond acceptors (Lipinski definition) is 12. The fourth-order valence-corrected chi connectivity index (χ4v) is 4.44. The summed E-state index contributed by atoms with van der Waals surface area (Å²) in [5.41, 5.74) is 0.582. The van der Waals surface area contributed by atoms with Crippen LogP contribution in [0.1, 0.15) is 11.4 Å². The minimum absolute atomic E-state index is 0. The standard InChI is InChI=1S/2C16H13N5O4.Cr/c2*1-10-15(16(23)20(19-10)11-5-3-2-4-6-11)18-17-13-9-12(21(24)25)7-8-14(13)22;/h2*2-9,19,22H,1H3;/q;;+3/p-1. The number of nitrogens with one attached hydrogen (secondary N) is 2. The Bertz CT molecular complexity index is 2220. The molecule has 0 unspecified atom stereocenters. The van der Waals surface area contributed by atoms with Gasteiger partial charge in [-0.1, -0.05) is 48.2 Å². The van der Waals surface area contributed by atoms with E-state index in [1.165, 1.54) is 9.36 Å². The summed E-state index contributed by atoms with van der Waals surface area (Å²) in [5, 5.41) is 64.0. The van der Waals surface area contributed by atoms with Crippen molar-refractivity contribution < 1.29 is 37.4 Å². The van der Waals surface area contributed by atoms with Crippen LogP contribution < -0.4 is 16.2 Å². The fourth-order valence-electron chi connectivity index (χ4n) is 4.44. The van der Waals surface area contributed by atoms with Crippen molar-refractivity contribution in [3.8, 4) is 22.9 Å². The summed E-state index contributed by atoms with van der Waals surface area (Å²) in [5.74, 6) is -0.795. The van der Waals surface area contributed by atoms with Crippen molar-refractivity contribution in [2.75, 3.05) is 0 Å². The number of nitro groups is 2. The number of non-ortho nitro benzene ring substituents is 2. The van der Waals surface area contributed by atoms with Crippen LogP contribution >= 0.6 is 0 Å². The number of aryl methyl sites for hydroxylation is 2. The molecule has 0 atom stereocenters. The number of azo groups is 2. The van der Waals surface area contributed by atoms with Crippen molar-refractivity contribution in [1.82, 2.24) is 19.6 Å². The van der Waals surface area contributed by atoms with Crippen LogP contribution in [0.3, 0.4) is 0 Å². The number of benzene rings is 4. The molecule has 0 amide bonds. The molecule has 2 heterocycles. The molecule has 0 bridgehead atoms. The second-order valence-corrected chi connectivity index (χ2v) is 10.4. The van der Waals surface area contributed by atoms with Crippen LogP contribution in [0, 0.1) is 34.1 Å². The zero-order valence-electron chi connectivity index (χ0n) is 26.5. The zero-order valence-corrected chi connectivity index (χ0v) is 27.8. The van der Waals surface area contributed by atoms with Crippen molar-refractivity contribution >= 4 is 34.1 Å².